The monoisotopic (exact) mass is 346 g/mol. The van der Waals surface area contributed by atoms with Gasteiger partial charge in [-0.1, -0.05) is 18.2 Å². The number of aromatic nitrogens is 1. The zero-order valence-electron chi connectivity index (χ0n) is 13.1. The SMILES string of the molecule is Fc1ccc(CN=c2ccccn2Cc2ccc(F)c(F)c2)cc1F. The van der Waals surface area contributed by atoms with Crippen molar-refractivity contribution in [3.05, 3.63) is 101 Å². The van der Waals surface area contributed by atoms with E-state index in [1.807, 2.05) is 0 Å². The molecule has 0 aliphatic rings. The summed E-state index contributed by atoms with van der Waals surface area (Å²) in [7, 11) is 0. The van der Waals surface area contributed by atoms with Crippen LogP contribution in [0.25, 0.3) is 0 Å². The lowest BCUT2D eigenvalue weighted by molar-refractivity contribution is 0.506. The molecule has 0 N–H and O–H groups in total. The third-order valence-electron chi connectivity index (χ3n) is 3.66. The van der Waals surface area contributed by atoms with Crippen LogP contribution in [-0.4, -0.2) is 4.57 Å². The first-order valence-corrected chi connectivity index (χ1v) is 7.57. The highest BCUT2D eigenvalue weighted by Gasteiger charge is 2.04. The molecule has 0 amide bonds. The van der Waals surface area contributed by atoms with Gasteiger partial charge in [0.15, 0.2) is 23.3 Å². The second-order valence-corrected chi connectivity index (χ2v) is 5.50. The van der Waals surface area contributed by atoms with Crippen molar-refractivity contribution in [1.29, 1.82) is 0 Å². The Morgan fingerprint density at radius 2 is 1.36 bits per heavy atom. The van der Waals surface area contributed by atoms with Crippen LogP contribution in [0.5, 0.6) is 0 Å². The third-order valence-corrected chi connectivity index (χ3v) is 3.66. The lowest BCUT2D eigenvalue weighted by Gasteiger charge is -2.08. The number of halogens is 4. The van der Waals surface area contributed by atoms with Crippen molar-refractivity contribution >= 4 is 0 Å². The van der Waals surface area contributed by atoms with Crippen LogP contribution in [0.1, 0.15) is 11.1 Å². The molecule has 0 saturated carbocycles. The molecule has 2 aromatic carbocycles. The number of hydrogen-bond donors (Lipinski definition) is 0. The molecule has 0 atom stereocenters. The highest BCUT2D eigenvalue weighted by atomic mass is 19.2. The summed E-state index contributed by atoms with van der Waals surface area (Å²) >= 11 is 0. The molecule has 3 aromatic rings. The summed E-state index contributed by atoms with van der Waals surface area (Å²) in [6.45, 7) is 0.466. The molecule has 0 saturated heterocycles. The van der Waals surface area contributed by atoms with Crippen molar-refractivity contribution in [3.8, 4) is 0 Å². The standard InChI is InChI=1S/C19H14F4N2/c20-15-6-4-13(9-17(15)22)11-24-19-3-1-2-8-25(19)12-14-5-7-16(21)18(23)10-14/h1-10H,11-12H2. The van der Waals surface area contributed by atoms with Crippen LogP contribution in [0.4, 0.5) is 17.6 Å². The predicted molar refractivity (Wildman–Crippen MR) is 85.5 cm³/mol. The summed E-state index contributed by atoms with van der Waals surface area (Å²) in [5.41, 5.74) is 1.69. The summed E-state index contributed by atoms with van der Waals surface area (Å²) in [6.07, 6.45) is 1.76. The minimum Gasteiger partial charge on any atom is -0.329 e. The molecule has 6 heteroatoms. The molecule has 0 fully saturated rings. The topological polar surface area (TPSA) is 17.3 Å². The van der Waals surface area contributed by atoms with E-state index in [9.17, 15) is 17.6 Å². The average molecular weight is 346 g/mol. The molecule has 0 radical (unpaired) electrons. The molecule has 1 aromatic heterocycles. The molecule has 128 valence electrons. The smallest absolute Gasteiger partial charge is 0.159 e. The Morgan fingerprint density at radius 3 is 2.04 bits per heavy atom. The second kappa shape index (κ2) is 7.34. The van der Waals surface area contributed by atoms with Crippen LogP contribution in [0.3, 0.4) is 0 Å². The van der Waals surface area contributed by atoms with Crippen molar-refractivity contribution in [1.82, 2.24) is 4.57 Å². The van der Waals surface area contributed by atoms with Gasteiger partial charge in [0.25, 0.3) is 0 Å². The Hall–Kier alpha value is -2.89. The maximum atomic E-state index is 13.3. The Morgan fingerprint density at radius 1 is 0.720 bits per heavy atom. The number of rotatable bonds is 4. The molecule has 0 unspecified atom stereocenters. The van der Waals surface area contributed by atoms with Crippen molar-refractivity contribution in [2.45, 2.75) is 13.1 Å². The van der Waals surface area contributed by atoms with Gasteiger partial charge in [0.2, 0.25) is 0 Å². The second-order valence-electron chi connectivity index (χ2n) is 5.50. The highest BCUT2D eigenvalue weighted by molar-refractivity contribution is 5.19. The number of hydrogen-bond acceptors (Lipinski definition) is 1. The van der Waals surface area contributed by atoms with Gasteiger partial charge in [-0.15, -0.1) is 0 Å². The van der Waals surface area contributed by atoms with Crippen LogP contribution < -0.4 is 5.49 Å². The van der Waals surface area contributed by atoms with Gasteiger partial charge in [-0.2, -0.15) is 0 Å². The van der Waals surface area contributed by atoms with Gasteiger partial charge in [0.05, 0.1) is 6.54 Å². The summed E-state index contributed by atoms with van der Waals surface area (Å²) < 4.78 is 54.4. The first-order valence-electron chi connectivity index (χ1n) is 7.57. The fraction of sp³-hybridized carbons (Fsp3) is 0.105. The maximum Gasteiger partial charge on any atom is 0.159 e. The van der Waals surface area contributed by atoms with E-state index in [-0.39, 0.29) is 6.54 Å². The predicted octanol–water partition coefficient (Wildman–Crippen LogP) is 4.19. The molecular weight excluding hydrogens is 332 g/mol. The maximum absolute atomic E-state index is 13.3. The zero-order chi connectivity index (χ0) is 17.8. The molecule has 2 nitrogen and oxygen atoms in total. The van der Waals surface area contributed by atoms with Crippen molar-refractivity contribution in [2.24, 2.45) is 4.99 Å². The summed E-state index contributed by atoms with van der Waals surface area (Å²) in [6, 6.07) is 12.6. The normalized spacial score (nSPS) is 11.8. The van der Waals surface area contributed by atoms with Crippen molar-refractivity contribution in [3.63, 3.8) is 0 Å². The lowest BCUT2D eigenvalue weighted by Crippen LogP contribution is -2.20. The lowest BCUT2D eigenvalue weighted by atomic mass is 10.2. The quantitative estimate of drug-likeness (QED) is 0.630. The van der Waals surface area contributed by atoms with Gasteiger partial charge in [-0.3, -0.25) is 4.99 Å². The first kappa shape index (κ1) is 17.0. The minimum atomic E-state index is -0.921. The van der Waals surface area contributed by atoms with E-state index in [4.69, 9.17) is 0 Å². The number of benzene rings is 2. The average Bonchev–Trinajstić information content (AvgIpc) is 2.60. The molecule has 0 aliphatic carbocycles. The molecule has 0 spiro atoms. The van der Waals surface area contributed by atoms with E-state index >= 15 is 0 Å². The van der Waals surface area contributed by atoms with E-state index in [1.165, 1.54) is 12.1 Å². The molecular formula is C19H14F4N2. The molecule has 3 rings (SSSR count). The van der Waals surface area contributed by atoms with Crippen molar-refractivity contribution < 1.29 is 17.6 Å². The Bertz CT molecular complexity index is 964. The third kappa shape index (κ3) is 4.15. The van der Waals surface area contributed by atoms with E-state index < -0.39 is 23.3 Å². The van der Waals surface area contributed by atoms with Gasteiger partial charge in [-0.05, 0) is 47.5 Å². The van der Waals surface area contributed by atoms with Gasteiger partial charge in [0.1, 0.15) is 5.49 Å². The number of pyridine rings is 1. The van der Waals surface area contributed by atoms with Crippen molar-refractivity contribution in [2.75, 3.05) is 0 Å². The summed E-state index contributed by atoms with van der Waals surface area (Å²) in [5, 5.41) is 0. The fourth-order valence-electron chi connectivity index (χ4n) is 2.39. The van der Waals surface area contributed by atoms with Crippen LogP contribution in [0.15, 0.2) is 65.8 Å². The summed E-state index contributed by atoms with van der Waals surface area (Å²) in [4.78, 5) is 4.39. The van der Waals surface area contributed by atoms with E-state index in [0.717, 1.165) is 24.3 Å². The van der Waals surface area contributed by atoms with Gasteiger partial charge >= 0.3 is 0 Å². The largest absolute Gasteiger partial charge is 0.329 e. The molecule has 0 bridgehead atoms. The summed E-state index contributed by atoms with van der Waals surface area (Å²) in [5.74, 6) is -3.63. The van der Waals surface area contributed by atoms with Gasteiger partial charge < -0.3 is 4.57 Å². The van der Waals surface area contributed by atoms with E-state index in [1.54, 1.807) is 29.0 Å². The highest BCUT2D eigenvalue weighted by Crippen LogP contribution is 2.10. The van der Waals surface area contributed by atoms with Crippen LogP contribution >= 0.6 is 0 Å². The van der Waals surface area contributed by atoms with Crippen LogP contribution in [-0.2, 0) is 13.1 Å². The van der Waals surface area contributed by atoms with E-state index in [0.29, 0.717) is 23.2 Å². The Balaban J connectivity index is 1.87. The number of nitrogens with zero attached hydrogens (tertiary/aromatic N) is 2. The zero-order valence-corrected chi connectivity index (χ0v) is 13.1. The van der Waals surface area contributed by atoms with Crippen LogP contribution in [0.2, 0.25) is 0 Å². The Kier molecular flexibility index (Phi) is 4.97. The molecule has 25 heavy (non-hydrogen) atoms. The molecule has 1 heterocycles. The first-order chi connectivity index (χ1) is 12.0. The van der Waals surface area contributed by atoms with Gasteiger partial charge in [0, 0.05) is 12.7 Å². The van der Waals surface area contributed by atoms with E-state index in [2.05, 4.69) is 4.99 Å². The molecule has 0 aliphatic heterocycles. The van der Waals surface area contributed by atoms with Crippen LogP contribution in [0, 0.1) is 23.3 Å². The fourth-order valence-corrected chi connectivity index (χ4v) is 2.39. The Labute approximate surface area is 141 Å². The minimum absolute atomic E-state index is 0.166. The van der Waals surface area contributed by atoms with Gasteiger partial charge in [-0.25, -0.2) is 17.6 Å².